The first-order valence-electron chi connectivity index (χ1n) is 5.88. The van der Waals surface area contributed by atoms with Gasteiger partial charge in [0, 0.05) is 12.6 Å². The van der Waals surface area contributed by atoms with Gasteiger partial charge in [-0.25, -0.2) is 4.39 Å². The third-order valence-corrected chi connectivity index (χ3v) is 2.90. The van der Waals surface area contributed by atoms with Crippen molar-refractivity contribution in [3.8, 4) is 0 Å². The smallest absolute Gasteiger partial charge is 0.239 e. The zero-order valence-electron chi connectivity index (χ0n) is 10.3. The fourth-order valence-electron chi connectivity index (χ4n) is 1.87. The predicted molar refractivity (Wildman–Crippen MR) is 70.9 cm³/mol. The van der Waals surface area contributed by atoms with Crippen LogP contribution in [0.25, 0.3) is 0 Å². The summed E-state index contributed by atoms with van der Waals surface area (Å²) in [4.78, 5) is 13.7. The zero-order chi connectivity index (χ0) is 12.4. The van der Waals surface area contributed by atoms with Gasteiger partial charge in [-0.1, -0.05) is 12.1 Å². The van der Waals surface area contributed by atoms with E-state index in [-0.39, 0.29) is 30.2 Å². The van der Waals surface area contributed by atoms with E-state index in [1.807, 2.05) is 6.07 Å². The summed E-state index contributed by atoms with van der Waals surface area (Å²) in [6.45, 7) is 2.13. The van der Waals surface area contributed by atoms with Crippen LogP contribution in [-0.4, -0.2) is 22.9 Å². The Morgan fingerprint density at radius 2 is 2.22 bits per heavy atom. The second-order valence-corrected chi connectivity index (χ2v) is 4.62. The number of benzene rings is 1. The van der Waals surface area contributed by atoms with Crippen molar-refractivity contribution in [3.05, 3.63) is 35.6 Å². The molecule has 0 saturated heterocycles. The summed E-state index contributed by atoms with van der Waals surface area (Å²) in [6, 6.07) is 6.14. The van der Waals surface area contributed by atoms with Crippen molar-refractivity contribution >= 4 is 18.3 Å². The highest BCUT2D eigenvalue weighted by atomic mass is 35.5. The van der Waals surface area contributed by atoms with E-state index in [1.165, 1.54) is 12.1 Å². The van der Waals surface area contributed by atoms with Crippen molar-refractivity contribution in [1.29, 1.82) is 0 Å². The molecule has 1 aliphatic rings. The molecule has 0 spiro atoms. The van der Waals surface area contributed by atoms with Crippen molar-refractivity contribution < 1.29 is 9.18 Å². The van der Waals surface area contributed by atoms with Crippen LogP contribution in [0.1, 0.15) is 25.3 Å². The lowest BCUT2D eigenvalue weighted by Crippen LogP contribution is -2.42. The summed E-state index contributed by atoms with van der Waals surface area (Å²) in [5.41, 5.74) is 6.43. The van der Waals surface area contributed by atoms with Crippen molar-refractivity contribution in [2.45, 2.75) is 38.4 Å². The Morgan fingerprint density at radius 3 is 2.72 bits per heavy atom. The summed E-state index contributed by atoms with van der Waals surface area (Å²) in [5, 5.41) is 0. The first kappa shape index (κ1) is 14.9. The van der Waals surface area contributed by atoms with E-state index in [1.54, 1.807) is 17.9 Å². The number of nitrogens with two attached hydrogens (primary N) is 1. The number of nitrogens with zero attached hydrogens (tertiary/aromatic N) is 1. The van der Waals surface area contributed by atoms with Gasteiger partial charge in [-0.2, -0.15) is 0 Å². The number of carbonyl (C=O) groups excluding carboxylic acids is 1. The third kappa shape index (κ3) is 3.68. The second kappa shape index (κ2) is 6.16. The molecule has 2 rings (SSSR count). The van der Waals surface area contributed by atoms with Gasteiger partial charge in [-0.15, -0.1) is 12.4 Å². The molecule has 100 valence electrons. The minimum atomic E-state index is -0.496. The molecule has 0 heterocycles. The lowest BCUT2D eigenvalue weighted by atomic mass is 10.2. The van der Waals surface area contributed by atoms with Crippen LogP contribution in [0, 0.1) is 5.82 Å². The molecule has 1 aromatic rings. The Morgan fingerprint density at radius 1 is 1.56 bits per heavy atom. The summed E-state index contributed by atoms with van der Waals surface area (Å²) in [6.07, 6.45) is 2.04. The van der Waals surface area contributed by atoms with Gasteiger partial charge in [0.2, 0.25) is 5.91 Å². The largest absolute Gasteiger partial charge is 0.334 e. The number of halogens is 2. The highest BCUT2D eigenvalue weighted by Gasteiger charge is 2.33. The van der Waals surface area contributed by atoms with Gasteiger partial charge in [0.25, 0.3) is 0 Å². The van der Waals surface area contributed by atoms with Crippen LogP contribution in [0.4, 0.5) is 4.39 Å². The predicted octanol–water partition coefficient (Wildman–Crippen LogP) is 2.09. The van der Waals surface area contributed by atoms with Crippen LogP contribution in [-0.2, 0) is 11.3 Å². The lowest BCUT2D eigenvalue weighted by Gasteiger charge is -2.24. The summed E-state index contributed by atoms with van der Waals surface area (Å²) < 4.78 is 13.1. The first-order valence-corrected chi connectivity index (χ1v) is 5.88. The maximum atomic E-state index is 13.1. The van der Waals surface area contributed by atoms with Crippen LogP contribution in [0.15, 0.2) is 24.3 Å². The molecule has 3 nitrogen and oxygen atoms in total. The van der Waals surface area contributed by atoms with Crippen LogP contribution in [0.2, 0.25) is 0 Å². The Kier molecular flexibility index (Phi) is 5.11. The quantitative estimate of drug-likeness (QED) is 0.912. The zero-order valence-corrected chi connectivity index (χ0v) is 11.1. The van der Waals surface area contributed by atoms with Gasteiger partial charge < -0.3 is 10.6 Å². The third-order valence-electron chi connectivity index (χ3n) is 2.90. The first-order chi connectivity index (χ1) is 8.08. The van der Waals surface area contributed by atoms with Crippen LogP contribution < -0.4 is 5.73 Å². The molecule has 1 fully saturated rings. The molecule has 5 heteroatoms. The average molecular weight is 273 g/mol. The van der Waals surface area contributed by atoms with E-state index in [2.05, 4.69) is 0 Å². The molecule has 18 heavy (non-hydrogen) atoms. The van der Waals surface area contributed by atoms with Crippen molar-refractivity contribution in [2.75, 3.05) is 0 Å². The minimum absolute atomic E-state index is 0. The number of hydrogen-bond donors (Lipinski definition) is 1. The molecule has 1 saturated carbocycles. The Bertz CT molecular complexity index is 421. The standard InChI is InChI=1S/C13H17FN2O.ClH/c1-9(15)13(17)16(12-5-6-12)8-10-3-2-4-11(14)7-10;/h2-4,7,9,12H,5-6,8,15H2,1H3;1H/t9-;/m1./s1. The SMILES string of the molecule is C[C@@H](N)C(=O)N(Cc1cccc(F)c1)C1CC1.Cl. The second-order valence-electron chi connectivity index (χ2n) is 4.62. The monoisotopic (exact) mass is 272 g/mol. The van der Waals surface area contributed by atoms with Crippen molar-refractivity contribution in [3.63, 3.8) is 0 Å². The van der Waals surface area contributed by atoms with Gasteiger partial charge >= 0.3 is 0 Å². The van der Waals surface area contributed by atoms with Gasteiger partial charge in [0.15, 0.2) is 0 Å². The van der Waals surface area contributed by atoms with Crippen molar-refractivity contribution in [2.24, 2.45) is 5.73 Å². The fourth-order valence-corrected chi connectivity index (χ4v) is 1.87. The average Bonchev–Trinajstić information content (AvgIpc) is 3.09. The lowest BCUT2D eigenvalue weighted by molar-refractivity contribution is -0.133. The minimum Gasteiger partial charge on any atom is -0.334 e. The van der Waals surface area contributed by atoms with Gasteiger partial charge in [0.1, 0.15) is 5.82 Å². The summed E-state index contributed by atoms with van der Waals surface area (Å²) in [5.74, 6) is -0.330. The fraction of sp³-hybridized carbons (Fsp3) is 0.462. The molecular formula is C13H18ClFN2O. The number of hydrogen-bond acceptors (Lipinski definition) is 2. The molecule has 1 atom stereocenters. The summed E-state index contributed by atoms with van der Waals surface area (Å²) >= 11 is 0. The number of carbonyl (C=O) groups is 1. The molecule has 0 radical (unpaired) electrons. The molecule has 2 N–H and O–H groups in total. The highest BCUT2D eigenvalue weighted by Crippen LogP contribution is 2.28. The molecule has 0 aliphatic heterocycles. The molecule has 0 aromatic heterocycles. The maximum absolute atomic E-state index is 13.1. The van der Waals surface area contributed by atoms with E-state index in [4.69, 9.17) is 5.73 Å². The molecule has 1 aliphatic carbocycles. The van der Waals surface area contributed by atoms with Crippen LogP contribution in [0.3, 0.4) is 0 Å². The molecule has 0 bridgehead atoms. The Balaban J connectivity index is 0.00000162. The molecule has 1 amide bonds. The summed E-state index contributed by atoms with van der Waals surface area (Å²) in [7, 11) is 0. The van der Waals surface area contributed by atoms with E-state index < -0.39 is 6.04 Å². The molecular weight excluding hydrogens is 255 g/mol. The van der Waals surface area contributed by atoms with E-state index in [0.29, 0.717) is 6.54 Å². The number of amides is 1. The topological polar surface area (TPSA) is 46.3 Å². The number of rotatable bonds is 4. The Hall–Kier alpha value is -1.13. The molecule has 1 aromatic carbocycles. The van der Waals surface area contributed by atoms with E-state index >= 15 is 0 Å². The van der Waals surface area contributed by atoms with Gasteiger partial charge in [0.05, 0.1) is 6.04 Å². The normalized spacial score (nSPS) is 15.7. The van der Waals surface area contributed by atoms with Crippen LogP contribution in [0.5, 0.6) is 0 Å². The van der Waals surface area contributed by atoms with Gasteiger partial charge in [-0.3, -0.25) is 4.79 Å². The van der Waals surface area contributed by atoms with E-state index in [0.717, 1.165) is 18.4 Å². The highest BCUT2D eigenvalue weighted by molar-refractivity contribution is 5.85. The van der Waals surface area contributed by atoms with Gasteiger partial charge in [-0.05, 0) is 37.5 Å². The maximum Gasteiger partial charge on any atom is 0.239 e. The van der Waals surface area contributed by atoms with E-state index in [9.17, 15) is 9.18 Å². The molecule has 0 unspecified atom stereocenters. The van der Waals surface area contributed by atoms with Crippen molar-refractivity contribution in [1.82, 2.24) is 4.90 Å². The van der Waals surface area contributed by atoms with Crippen LogP contribution >= 0.6 is 12.4 Å². The Labute approximate surface area is 113 Å².